The highest BCUT2D eigenvalue weighted by Crippen LogP contribution is 2.28. The number of hydrogen-bond acceptors (Lipinski definition) is 5. The number of amides is 1. The Labute approximate surface area is 158 Å². The Bertz CT molecular complexity index is 842. The van der Waals surface area contributed by atoms with Crippen molar-refractivity contribution < 1.29 is 17.9 Å². The van der Waals surface area contributed by atoms with Crippen molar-refractivity contribution in [3.05, 3.63) is 46.8 Å². The molecule has 2 aromatic rings. The van der Waals surface area contributed by atoms with E-state index in [9.17, 15) is 13.2 Å². The molecule has 2 rings (SSSR count). The van der Waals surface area contributed by atoms with Gasteiger partial charge in [-0.05, 0) is 35.7 Å². The molecular formula is C18H24N2O4S2. The van der Waals surface area contributed by atoms with Gasteiger partial charge in [-0.3, -0.25) is 4.79 Å². The zero-order valence-corrected chi connectivity index (χ0v) is 16.9. The maximum atomic E-state index is 12.8. The molecule has 0 fully saturated rings. The first-order valence-electron chi connectivity index (χ1n) is 8.22. The number of methoxy groups -OCH3 is 1. The minimum absolute atomic E-state index is 0.0667. The van der Waals surface area contributed by atoms with Crippen molar-refractivity contribution in [2.45, 2.75) is 37.6 Å². The van der Waals surface area contributed by atoms with Crippen LogP contribution in [0.15, 0.2) is 40.6 Å². The summed E-state index contributed by atoms with van der Waals surface area (Å²) >= 11 is 1.15. The average Bonchev–Trinajstić information content (AvgIpc) is 3.08. The van der Waals surface area contributed by atoms with Crippen molar-refractivity contribution in [2.24, 2.45) is 5.92 Å². The topological polar surface area (TPSA) is 84.5 Å². The van der Waals surface area contributed by atoms with Crippen molar-refractivity contribution in [2.75, 3.05) is 7.11 Å². The number of hydrogen-bond donors (Lipinski definition) is 2. The van der Waals surface area contributed by atoms with Gasteiger partial charge in [-0.2, -0.15) is 0 Å². The highest BCUT2D eigenvalue weighted by molar-refractivity contribution is 7.91. The number of benzene rings is 1. The van der Waals surface area contributed by atoms with Crippen LogP contribution in [0.3, 0.4) is 0 Å². The van der Waals surface area contributed by atoms with Crippen LogP contribution in [0.1, 0.15) is 37.3 Å². The molecule has 2 N–H and O–H groups in total. The van der Waals surface area contributed by atoms with Crippen LogP contribution in [0, 0.1) is 5.92 Å². The van der Waals surface area contributed by atoms with Crippen LogP contribution in [-0.4, -0.2) is 21.4 Å². The summed E-state index contributed by atoms with van der Waals surface area (Å²) in [5.41, 5.74) is 0.874. The number of nitrogens with one attached hydrogen (secondary N) is 2. The normalized spacial score (nSPS) is 12.8. The number of carbonyl (C=O) groups excluding carboxylic acids is 1. The lowest BCUT2D eigenvalue weighted by Gasteiger charge is -2.22. The Hall–Kier alpha value is -1.90. The van der Waals surface area contributed by atoms with Gasteiger partial charge in [-0.1, -0.05) is 26.0 Å². The predicted octanol–water partition coefficient (Wildman–Crippen LogP) is 3.07. The Kier molecular flexibility index (Phi) is 6.80. The van der Waals surface area contributed by atoms with Gasteiger partial charge in [-0.25, -0.2) is 13.1 Å². The van der Waals surface area contributed by atoms with Gasteiger partial charge in [-0.15, -0.1) is 11.3 Å². The summed E-state index contributed by atoms with van der Waals surface area (Å²) in [5.74, 6) is 0.636. The number of carbonyl (C=O) groups is 1. The fourth-order valence-electron chi connectivity index (χ4n) is 2.43. The van der Waals surface area contributed by atoms with Gasteiger partial charge in [0.25, 0.3) is 10.0 Å². The predicted molar refractivity (Wildman–Crippen MR) is 103 cm³/mol. The second-order valence-corrected chi connectivity index (χ2v) is 9.36. The molecule has 0 saturated heterocycles. The highest BCUT2D eigenvalue weighted by Gasteiger charge is 2.25. The summed E-state index contributed by atoms with van der Waals surface area (Å²) in [6.07, 6.45) is 0. The molecule has 1 atom stereocenters. The van der Waals surface area contributed by atoms with Gasteiger partial charge in [0, 0.05) is 17.8 Å². The Balaban J connectivity index is 2.19. The molecule has 8 heteroatoms. The summed E-state index contributed by atoms with van der Waals surface area (Å²) in [4.78, 5) is 11.8. The van der Waals surface area contributed by atoms with E-state index in [1.165, 1.54) is 6.92 Å². The summed E-state index contributed by atoms with van der Waals surface area (Å²) in [5, 5.41) is 2.67. The third-order valence-corrected chi connectivity index (χ3v) is 6.86. The molecule has 0 aliphatic heterocycles. The number of ether oxygens (including phenoxy) is 1. The second kappa shape index (κ2) is 8.66. The monoisotopic (exact) mass is 396 g/mol. The number of thiophene rings is 1. The first-order valence-corrected chi connectivity index (χ1v) is 10.5. The third kappa shape index (κ3) is 5.30. The first kappa shape index (κ1) is 20.4. The molecule has 26 heavy (non-hydrogen) atoms. The van der Waals surface area contributed by atoms with Crippen LogP contribution in [0.4, 0.5) is 0 Å². The second-order valence-electron chi connectivity index (χ2n) is 6.25. The molecular weight excluding hydrogens is 372 g/mol. The molecule has 0 aliphatic rings. The standard InChI is InChI=1S/C18H24N2O4S2/c1-12(2)18(14-5-7-15(24-4)8-6-14)20-26(22,23)17-10-9-16(25-17)11-19-13(3)21/h5-10,12,18,20H,11H2,1-4H3,(H,19,21). The van der Waals surface area contributed by atoms with E-state index in [0.29, 0.717) is 6.54 Å². The lowest BCUT2D eigenvalue weighted by molar-refractivity contribution is -0.119. The highest BCUT2D eigenvalue weighted by atomic mass is 32.2. The molecule has 0 saturated carbocycles. The van der Waals surface area contributed by atoms with Gasteiger partial charge < -0.3 is 10.1 Å². The quantitative estimate of drug-likeness (QED) is 0.718. The largest absolute Gasteiger partial charge is 0.497 e. The summed E-state index contributed by atoms with van der Waals surface area (Å²) in [7, 11) is -2.07. The smallest absolute Gasteiger partial charge is 0.250 e. The maximum Gasteiger partial charge on any atom is 0.250 e. The first-order chi connectivity index (χ1) is 12.2. The van der Waals surface area contributed by atoms with Gasteiger partial charge >= 0.3 is 0 Å². The average molecular weight is 397 g/mol. The minimum Gasteiger partial charge on any atom is -0.497 e. The van der Waals surface area contributed by atoms with Gasteiger partial charge in [0.15, 0.2) is 0 Å². The Morgan fingerprint density at radius 1 is 1.15 bits per heavy atom. The SMILES string of the molecule is COc1ccc(C(NS(=O)(=O)c2ccc(CNC(C)=O)s2)C(C)C)cc1. The van der Waals surface area contributed by atoms with Crippen molar-refractivity contribution in [3.63, 3.8) is 0 Å². The lowest BCUT2D eigenvalue weighted by atomic mass is 9.97. The molecule has 0 bridgehead atoms. The van der Waals surface area contributed by atoms with Crippen LogP contribution in [0.5, 0.6) is 5.75 Å². The van der Waals surface area contributed by atoms with E-state index in [0.717, 1.165) is 27.5 Å². The molecule has 1 aromatic carbocycles. The molecule has 142 valence electrons. The molecule has 0 aliphatic carbocycles. The third-order valence-electron chi connectivity index (χ3n) is 3.84. The fraction of sp³-hybridized carbons (Fsp3) is 0.389. The molecule has 1 aromatic heterocycles. The number of rotatable bonds is 8. The van der Waals surface area contributed by atoms with Crippen molar-refractivity contribution in [1.82, 2.24) is 10.0 Å². The number of sulfonamides is 1. The van der Waals surface area contributed by atoms with E-state index in [1.807, 2.05) is 38.1 Å². The van der Waals surface area contributed by atoms with Crippen LogP contribution in [0.2, 0.25) is 0 Å². The van der Waals surface area contributed by atoms with Crippen molar-refractivity contribution in [3.8, 4) is 5.75 Å². The van der Waals surface area contributed by atoms with E-state index in [-0.39, 0.29) is 22.1 Å². The van der Waals surface area contributed by atoms with E-state index in [4.69, 9.17) is 4.74 Å². The van der Waals surface area contributed by atoms with E-state index in [2.05, 4.69) is 10.0 Å². The summed E-state index contributed by atoms with van der Waals surface area (Å²) in [6.45, 7) is 5.68. The molecule has 1 amide bonds. The van der Waals surface area contributed by atoms with Crippen molar-refractivity contribution >= 4 is 27.3 Å². The molecule has 1 unspecified atom stereocenters. The summed E-state index contributed by atoms with van der Waals surface area (Å²) in [6, 6.07) is 10.3. The van der Waals surface area contributed by atoms with E-state index < -0.39 is 10.0 Å². The molecule has 6 nitrogen and oxygen atoms in total. The lowest BCUT2D eigenvalue weighted by Crippen LogP contribution is -2.31. The molecule has 1 heterocycles. The van der Waals surface area contributed by atoms with Crippen LogP contribution < -0.4 is 14.8 Å². The van der Waals surface area contributed by atoms with Crippen LogP contribution in [-0.2, 0) is 21.4 Å². The van der Waals surface area contributed by atoms with Crippen LogP contribution in [0.25, 0.3) is 0 Å². The summed E-state index contributed by atoms with van der Waals surface area (Å²) < 4.78 is 33.7. The van der Waals surface area contributed by atoms with Crippen molar-refractivity contribution in [1.29, 1.82) is 0 Å². The van der Waals surface area contributed by atoms with Gasteiger partial charge in [0.1, 0.15) is 9.96 Å². The van der Waals surface area contributed by atoms with Crippen LogP contribution >= 0.6 is 11.3 Å². The maximum absolute atomic E-state index is 12.8. The zero-order valence-electron chi connectivity index (χ0n) is 15.3. The fourth-order valence-corrected chi connectivity index (χ4v) is 5.12. The van der Waals surface area contributed by atoms with Gasteiger partial charge in [0.2, 0.25) is 5.91 Å². The van der Waals surface area contributed by atoms with E-state index >= 15 is 0 Å². The Morgan fingerprint density at radius 3 is 2.35 bits per heavy atom. The van der Waals surface area contributed by atoms with E-state index in [1.54, 1.807) is 19.2 Å². The zero-order chi connectivity index (χ0) is 19.3. The van der Waals surface area contributed by atoms with Gasteiger partial charge in [0.05, 0.1) is 13.7 Å². The Morgan fingerprint density at radius 2 is 1.81 bits per heavy atom. The molecule has 0 radical (unpaired) electrons. The molecule has 0 spiro atoms. The minimum atomic E-state index is -3.66.